The first-order valence-electron chi connectivity index (χ1n) is 8.36. The number of benzene rings is 2. The zero-order valence-corrected chi connectivity index (χ0v) is 15.7. The van der Waals surface area contributed by atoms with Crippen molar-refractivity contribution in [3.8, 4) is 6.07 Å². The molecule has 0 aliphatic rings. The quantitative estimate of drug-likeness (QED) is 0.650. The van der Waals surface area contributed by atoms with Crippen LogP contribution in [0.2, 0.25) is 0 Å². The Bertz CT molecular complexity index is 1100. The molecule has 1 atom stereocenters. The van der Waals surface area contributed by atoms with E-state index in [0.717, 1.165) is 10.2 Å². The number of nitrogens with zero attached hydrogens (tertiary/aromatic N) is 3. The van der Waals surface area contributed by atoms with Gasteiger partial charge in [0.05, 0.1) is 29.0 Å². The van der Waals surface area contributed by atoms with Gasteiger partial charge in [0.25, 0.3) is 5.91 Å². The molecule has 2 aromatic carbocycles. The van der Waals surface area contributed by atoms with E-state index in [4.69, 9.17) is 10.00 Å². The molecule has 6 nitrogen and oxygen atoms in total. The summed E-state index contributed by atoms with van der Waals surface area (Å²) in [6.45, 7) is 1.88. The average molecular weight is 379 g/mol. The second-order valence-electron chi connectivity index (χ2n) is 5.78. The fraction of sp³-hybridized carbons (Fsp3) is 0.200. The molecule has 0 N–H and O–H groups in total. The van der Waals surface area contributed by atoms with Crippen LogP contribution in [0.15, 0.2) is 53.5 Å². The number of methoxy groups -OCH3 is 1. The minimum absolute atomic E-state index is 0.379. The highest BCUT2D eigenvalue weighted by Gasteiger charge is 2.23. The minimum atomic E-state index is -0.571. The van der Waals surface area contributed by atoms with Crippen LogP contribution in [-0.2, 0) is 9.53 Å². The summed E-state index contributed by atoms with van der Waals surface area (Å²) in [4.78, 5) is 29.6. The van der Waals surface area contributed by atoms with Gasteiger partial charge in [0.15, 0.2) is 4.80 Å². The molecule has 1 unspecified atom stereocenters. The molecule has 3 rings (SSSR count). The molecular formula is C20H17N3O3S. The zero-order chi connectivity index (χ0) is 19.4. The first kappa shape index (κ1) is 18.5. The molecule has 7 heteroatoms. The lowest BCUT2D eigenvalue weighted by Gasteiger charge is -2.15. The molecule has 1 amide bonds. The van der Waals surface area contributed by atoms with Crippen LogP contribution < -0.4 is 4.80 Å². The van der Waals surface area contributed by atoms with Crippen molar-refractivity contribution in [3.05, 3.63) is 64.5 Å². The molecule has 0 spiro atoms. The van der Waals surface area contributed by atoms with Gasteiger partial charge in [-0.05, 0) is 42.8 Å². The molecule has 0 bridgehead atoms. The normalized spacial score (nSPS) is 12.6. The van der Waals surface area contributed by atoms with E-state index >= 15 is 0 Å². The van der Waals surface area contributed by atoms with Crippen molar-refractivity contribution in [1.29, 1.82) is 5.26 Å². The summed E-state index contributed by atoms with van der Waals surface area (Å²) in [5, 5.41) is 8.88. The van der Waals surface area contributed by atoms with E-state index in [1.807, 2.05) is 37.3 Å². The number of esters is 1. The first-order chi connectivity index (χ1) is 13.1. The van der Waals surface area contributed by atoms with Crippen LogP contribution in [0.3, 0.4) is 0 Å². The van der Waals surface area contributed by atoms with Crippen LogP contribution in [0.4, 0.5) is 0 Å². The van der Waals surface area contributed by atoms with Gasteiger partial charge in [-0.15, -0.1) is 0 Å². The zero-order valence-electron chi connectivity index (χ0n) is 14.9. The van der Waals surface area contributed by atoms with Crippen LogP contribution >= 0.6 is 11.3 Å². The van der Waals surface area contributed by atoms with Gasteiger partial charge in [-0.2, -0.15) is 10.3 Å². The van der Waals surface area contributed by atoms with Crippen molar-refractivity contribution < 1.29 is 14.3 Å². The Labute approximate surface area is 160 Å². The predicted octanol–water partition coefficient (Wildman–Crippen LogP) is 3.44. The molecule has 0 fully saturated rings. The molecule has 1 heterocycles. The molecule has 0 saturated heterocycles. The number of amides is 1. The van der Waals surface area contributed by atoms with E-state index in [1.165, 1.54) is 18.4 Å². The summed E-state index contributed by atoms with van der Waals surface area (Å²) >= 11 is 1.34. The number of aromatic nitrogens is 1. The first-order valence-corrected chi connectivity index (χ1v) is 9.17. The highest BCUT2D eigenvalue weighted by molar-refractivity contribution is 7.16. The summed E-state index contributed by atoms with van der Waals surface area (Å²) in [7, 11) is 1.35. The second-order valence-corrected chi connectivity index (χ2v) is 6.78. The Morgan fingerprint density at radius 2 is 1.93 bits per heavy atom. The Hall–Kier alpha value is -3.24. The Morgan fingerprint density at radius 1 is 1.22 bits per heavy atom. The topological polar surface area (TPSA) is 84.5 Å². The number of carbonyl (C=O) groups is 2. The van der Waals surface area contributed by atoms with E-state index in [-0.39, 0.29) is 5.97 Å². The van der Waals surface area contributed by atoms with Crippen LogP contribution in [0.5, 0.6) is 0 Å². The molecule has 27 heavy (non-hydrogen) atoms. The maximum atomic E-state index is 12.6. The maximum Gasteiger partial charge on any atom is 0.328 e. The van der Waals surface area contributed by atoms with E-state index in [2.05, 4.69) is 4.99 Å². The third kappa shape index (κ3) is 3.66. The Balaban J connectivity index is 2.16. The van der Waals surface area contributed by atoms with Gasteiger partial charge in [-0.1, -0.05) is 30.4 Å². The molecule has 0 aliphatic heterocycles. The molecule has 3 aromatic rings. The molecule has 0 radical (unpaired) electrons. The van der Waals surface area contributed by atoms with Crippen molar-refractivity contribution in [3.63, 3.8) is 0 Å². The van der Waals surface area contributed by atoms with Crippen molar-refractivity contribution in [1.82, 2.24) is 4.57 Å². The van der Waals surface area contributed by atoms with Crippen LogP contribution in [-0.4, -0.2) is 23.6 Å². The van der Waals surface area contributed by atoms with Gasteiger partial charge in [-0.25, -0.2) is 4.79 Å². The monoisotopic (exact) mass is 379 g/mol. The third-order valence-corrected chi connectivity index (χ3v) is 5.20. The summed E-state index contributed by atoms with van der Waals surface area (Å²) in [5.41, 5.74) is 1.68. The molecule has 0 aliphatic carbocycles. The van der Waals surface area contributed by atoms with Crippen molar-refractivity contribution in [2.24, 2.45) is 4.99 Å². The maximum absolute atomic E-state index is 12.6. The lowest BCUT2D eigenvalue weighted by atomic mass is 10.1. The van der Waals surface area contributed by atoms with Crippen molar-refractivity contribution in [2.45, 2.75) is 19.4 Å². The number of nitriles is 1. The second kappa shape index (κ2) is 7.98. The molecule has 136 valence electrons. The van der Waals surface area contributed by atoms with E-state index in [0.29, 0.717) is 22.3 Å². The summed E-state index contributed by atoms with van der Waals surface area (Å²) in [6, 6.07) is 15.3. The predicted molar refractivity (Wildman–Crippen MR) is 102 cm³/mol. The van der Waals surface area contributed by atoms with Crippen LogP contribution in [0.1, 0.15) is 35.3 Å². The molecule has 1 aromatic heterocycles. The SMILES string of the molecule is CCC(C(=O)OC)n1c(=NC(=O)c2ccc(C#N)cc2)sc2ccccc21. The van der Waals surface area contributed by atoms with Crippen LogP contribution in [0.25, 0.3) is 10.2 Å². The van der Waals surface area contributed by atoms with Gasteiger partial charge in [0.2, 0.25) is 0 Å². The number of hydrogen-bond acceptors (Lipinski definition) is 5. The van der Waals surface area contributed by atoms with Crippen molar-refractivity contribution >= 4 is 33.4 Å². The Morgan fingerprint density at radius 3 is 2.56 bits per heavy atom. The van der Waals surface area contributed by atoms with E-state index in [1.54, 1.807) is 28.8 Å². The summed E-state index contributed by atoms with van der Waals surface area (Å²) < 4.78 is 7.61. The van der Waals surface area contributed by atoms with Crippen molar-refractivity contribution in [2.75, 3.05) is 7.11 Å². The van der Waals surface area contributed by atoms with Gasteiger partial charge < -0.3 is 9.30 Å². The highest BCUT2D eigenvalue weighted by Crippen LogP contribution is 2.23. The van der Waals surface area contributed by atoms with E-state index in [9.17, 15) is 9.59 Å². The molecule has 0 saturated carbocycles. The fourth-order valence-corrected chi connectivity index (χ4v) is 3.87. The third-order valence-electron chi connectivity index (χ3n) is 4.16. The largest absolute Gasteiger partial charge is 0.467 e. The summed E-state index contributed by atoms with van der Waals surface area (Å²) in [5.74, 6) is -0.812. The number of para-hydroxylation sites is 1. The summed E-state index contributed by atoms with van der Waals surface area (Å²) in [6.07, 6.45) is 0.506. The smallest absolute Gasteiger partial charge is 0.328 e. The van der Waals surface area contributed by atoms with Crippen LogP contribution in [0, 0.1) is 11.3 Å². The lowest BCUT2D eigenvalue weighted by Crippen LogP contribution is -2.28. The lowest BCUT2D eigenvalue weighted by molar-refractivity contribution is -0.144. The van der Waals surface area contributed by atoms with E-state index < -0.39 is 11.9 Å². The van der Waals surface area contributed by atoms with Gasteiger partial charge >= 0.3 is 5.97 Å². The average Bonchev–Trinajstić information content (AvgIpc) is 3.06. The number of fused-ring (bicyclic) bond motifs is 1. The van der Waals surface area contributed by atoms with Gasteiger partial charge in [-0.3, -0.25) is 4.79 Å². The standard InChI is InChI=1S/C20H17N3O3S/c1-3-15(19(25)26-2)23-16-6-4-5-7-17(16)27-20(23)22-18(24)14-10-8-13(12-21)9-11-14/h4-11,15H,3H2,1-2H3. The Kier molecular flexibility index (Phi) is 5.48. The number of thiazole rings is 1. The number of hydrogen-bond donors (Lipinski definition) is 0. The number of rotatable bonds is 4. The van der Waals surface area contributed by atoms with Gasteiger partial charge in [0, 0.05) is 5.56 Å². The van der Waals surface area contributed by atoms with Gasteiger partial charge in [0.1, 0.15) is 6.04 Å². The minimum Gasteiger partial charge on any atom is -0.467 e. The number of ether oxygens (including phenoxy) is 1. The fourth-order valence-electron chi connectivity index (χ4n) is 2.80. The highest BCUT2D eigenvalue weighted by atomic mass is 32.1. The molecular weight excluding hydrogens is 362 g/mol. The number of carbonyl (C=O) groups excluding carboxylic acids is 2.